The number of sulfonamides is 1. The smallest absolute Gasteiger partial charge is 0.214 e. The van der Waals surface area contributed by atoms with E-state index in [2.05, 4.69) is 6.92 Å². The van der Waals surface area contributed by atoms with Crippen molar-refractivity contribution in [1.29, 1.82) is 0 Å². The van der Waals surface area contributed by atoms with Crippen LogP contribution in [-0.4, -0.2) is 43.3 Å². The predicted molar refractivity (Wildman–Crippen MR) is 69.3 cm³/mol. The van der Waals surface area contributed by atoms with Crippen molar-refractivity contribution in [1.82, 2.24) is 4.31 Å². The van der Waals surface area contributed by atoms with Crippen molar-refractivity contribution in [2.75, 3.05) is 25.4 Å². The van der Waals surface area contributed by atoms with Gasteiger partial charge in [-0.05, 0) is 31.6 Å². The first-order chi connectivity index (χ1) is 8.10. The standard InChI is InChI=1S/C12H25NO3S/c1-2-3-4-10-17(15,16)13-8-5-6-12(11-13)7-9-14/h12,14H,2-11H2,1H3/t12-/m1/s1. The Morgan fingerprint density at radius 1 is 1.35 bits per heavy atom. The first kappa shape index (κ1) is 14.9. The summed E-state index contributed by atoms with van der Waals surface area (Å²) in [5.74, 6) is 0.627. The molecule has 0 aliphatic carbocycles. The zero-order chi connectivity index (χ0) is 12.7. The van der Waals surface area contributed by atoms with Crippen LogP contribution in [0.4, 0.5) is 0 Å². The van der Waals surface area contributed by atoms with Gasteiger partial charge in [-0.1, -0.05) is 19.8 Å². The average Bonchev–Trinajstić information content (AvgIpc) is 2.30. The highest BCUT2D eigenvalue weighted by atomic mass is 32.2. The molecule has 0 radical (unpaired) electrons. The largest absolute Gasteiger partial charge is 0.396 e. The molecule has 17 heavy (non-hydrogen) atoms. The summed E-state index contributed by atoms with van der Waals surface area (Å²) in [5, 5.41) is 8.91. The summed E-state index contributed by atoms with van der Waals surface area (Å²) in [6, 6.07) is 0. The second-order valence-corrected chi connectivity index (χ2v) is 6.99. The Bertz CT molecular complexity index is 301. The Balaban J connectivity index is 2.46. The first-order valence-electron chi connectivity index (χ1n) is 6.69. The quantitative estimate of drug-likeness (QED) is 0.710. The second-order valence-electron chi connectivity index (χ2n) is 4.90. The van der Waals surface area contributed by atoms with E-state index in [0.29, 0.717) is 19.0 Å². The fraction of sp³-hybridized carbons (Fsp3) is 1.00. The monoisotopic (exact) mass is 263 g/mol. The average molecular weight is 263 g/mol. The van der Waals surface area contributed by atoms with Gasteiger partial charge in [-0.2, -0.15) is 0 Å². The number of aliphatic hydroxyl groups excluding tert-OH is 1. The van der Waals surface area contributed by atoms with Crippen LogP contribution in [0.25, 0.3) is 0 Å². The molecule has 102 valence electrons. The summed E-state index contributed by atoms with van der Waals surface area (Å²) in [6.45, 7) is 3.50. The number of aliphatic hydroxyl groups is 1. The summed E-state index contributed by atoms with van der Waals surface area (Å²) < 4.78 is 25.8. The van der Waals surface area contributed by atoms with Crippen LogP contribution in [0.5, 0.6) is 0 Å². The highest BCUT2D eigenvalue weighted by Gasteiger charge is 2.27. The highest BCUT2D eigenvalue weighted by molar-refractivity contribution is 7.89. The Hall–Kier alpha value is -0.130. The number of hydrogen-bond acceptors (Lipinski definition) is 3. The molecular weight excluding hydrogens is 238 g/mol. The topological polar surface area (TPSA) is 57.6 Å². The maximum atomic E-state index is 12.1. The van der Waals surface area contributed by atoms with Gasteiger partial charge in [-0.15, -0.1) is 0 Å². The Morgan fingerprint density at radius 2 is 2.12 bits per heavy atom. The molecule has 0 aromatic carbocycles. The van der Waals surface area contributed by atoms with Crippen LogP contribution in [0.2, 0.25) is 0 Å². The molecule has 0 saturated carbocycles. The molecule has 4 nitrogen and oxygen atoms in total. The van der Waals surface area contributed by atoms with Crippen molar-refractivity contribution < 1.29 is 13.5 Å². The molecule has 1 heterocycles. The molecule has 1 aliphatic heterocycles. The predicted octanol–water partition coefficient (Wildman–Crippen LogP) is 1.60. The number of rotatable bonds is 7. The van der Waals surface area contributed by atoms with Crippen molar-refractivity contribution in [3.63, 3.8) is 0 Å². The van der Waals surface area contributed by atoms with Gasteiger partial charge in [0.1, 0.15) is 0 Å². The molecule has 0 unspecified atom stereocenters. The summed E-state index contributed by atoms with van der Waals surface area (Å²) in [7, 11) is -3.06. The van der Waals surface area contributed by atoms with Crippen LogP contribution in [-0.2, 0) is 10.0 Å². The molecule has 0 aromatic heterocycles. The van der Waals surface area contributed by atoms with E-state index in [4.69, 9.17) is 5.11 Å². The van der Waals surface area contributed by atoms with Gasteiger partial charge in [-0.25, -0.2) is 12.7 Å². The second kappa shape index (κ2) is 7.34. The van der Waals surface area contributed by atoms with E-state index in [1.54, 1.807) is 4.31 Å². The number of nitrogens with zero attached hydrogens (tertiary/aromatic N) is 1. The van der Waals surface area contributed by atoms with Gasteiger partial charge in [0, 0.05) is 19.7 Å². The van der Waals surface area contributed by atoms with E-state index < -0.39 is 10.0 Å². The molecule has 0 bridgehead atoms. The molecule has 1 rings (SSSR count). The maximum Gasteiger partial charge on any atom is 0.214 e. The van der Waals surface area contributed by atoms with E-state index >= 15 is 0 Å². The van der Waals surface area contributed by atoms with Gasteiger partial charge >= 0.3 is 0 Å². The fourth-order valence-corrected chi connectivity index (χ4v) is 4.03. The maximum absolute atomic E-state index is 12.1. The van der Waals surface area contributed by atoms with Crippen molar-refractivity contribution >= 4 is 10.0 Å². The fourth-order valence-electron chi connectivity index (χ4n) is 2.36. The minimum atomic E-state index is -3.06. The summed E-state index contributed by atoms with van der Waals surface area (Å²) in [6.07, 6.45) is 5.48. The van der Waals surface area contributed by atoms with E-state index in [9.17, 15) is 8.42 Å². The molecule has 1 N–H and O–H groups in total. The van der Waals surface area contributed by atoms with Gasteiger partial charge in [0.2, 0.25) is 10.0 Å². The van der Waals surface area contributed by atoms with Gasteiger partial charge in [0.15, 0.2) is 0 Å². The van der Waals surface area contributed by atoms with Crippen molar-refractivity contribution in [3.8, 4) is 0 Å². The van der Waals surface area contributed by atoms with Gasteiger partial charge in [-0.3, -0.25) is 0 Å². The zero-order valence-corrected chi connectivity index (χ0v) is 11.6. The van der Waals surface area contributed by atoms with Gasteiger partial charge in [0.05, 0.1) is 5.75 Å². The molecule has 5 heteroatoms. The van der Waals surface area contributed by atoms with Crippen LogP contribution < -0.4 is 0 Å². The van der Waals surface area contributed by atoms with Crippen LogP contribution in [0.3, 0.4) is 0 Å². The molecule has 1 saturated heterocycles. The lowest BCUT2D eigenvalue weighted by atomic mass is 9.97. The zero-order valence-electron chi connectivity index (χ0n) is 10.8. The lowest BCUT2D eigenvalue weighted by Gasteiger charge is -2.31. The summed E-state index contributed by atoms with van der Waals surface area (Å²) in [4.78, 5) is 0. The number of unbranched alkanes of at least 4 members (excludes halogenated alkanes) is 2. The van der Waals surface area contributed by atoms with Crippen molar-refractivity contribution in [3.05, 3.63) is 0 Å². The van der Waals surface area contributed by atoms with Gasteiger partial charge < -0.3 is 5.11 Å². The Kier molecular flexibility index (Phi) is 6.44. The molecule has 0 aromatic rings. The summed E-state index contributed by atoms with van der Waals surface area (Å²) >= 11 is 0. The normalized spacial score (nSPS) is 22.8. The Morgan fingerprint density at radius 3 is 2.76 bits per heavy atom. The van der Waals surface area contributed by atoms with Crippen LogP contribution in [0, 0.1) is 5.92 Å². The molecule has 1 aliphatic rings. The molecule has 1 atom stereocenters. The van der Waals surface area contributed by atoms with Crippen molar-refractivity contribution in [2.24, 2.45) is 5.92 Å². The van der Waals surface area contributed by atoms with Crippen molar-refractivity contribution in [2.45, 2.75) is 45.4 Å². The lowest BCUT2D eigenvalue weighted by Crippen LogP contribution is -2.41. The van der Waals surface area contributed by atoms with E-state index in [1.165, 1.54) is 0 Å². The minimum absolute atomic E-state index is 0.161. The van der Waals surface area contributed by atoms with Crippen LogP contribution in [0.1, 0.15) is 45.4 Å². The van der Waals surface area contributed by atoms with Crippen LogP contribution in [0.15, 0.2) is 0 Å². The van der Waals surface area contributed by atoms with E-state index in [1.807, 2.05) is 0 Å². The highest BCUT2D eigenvalue weighted by Crippen LogP contribution is 2.22. The third kappa shape index (κ3) is 4.94. The number of piperidine rings is 1. The molecule has 0 spiro atoms. The summed E-state index contributed by atoms with van der Waals surface area (Å²) in [5.41, 5.74) is 0. The van der Waals surface area contributed by atoms with E-state index in [0.717, 1.165) is 38.5 Å². The van der Waals surface area contributed by atoms with E-state index in [-0.39, 0.29) is 12.4 Å². The molecule has 0 amide bonds. The first-order valence-corrected chi connectivity index (χ1v) is 8.29. The van der Waals surface area contributed by atoms with Crippen LogP contribution >= 0.6 is 0 Å². The molecule has 1 fully saturated rings. The number of hydrogen-bond donors (Lipinski definition) is 1. The SMILES string of the molecule is CCCCCS(=O)(=O)N1CCC[C@H](CCO)C1. The van der Waals surface area contributed by atoms with Gasteiger partial charge in [0.25, 0.3) is 0 Å². The lowest BCUT2D eigenvalue weighted by molar-refractivity contribution is 0.203. The minimum Gasteiger partial charge on any atom is -0.396 e. The Labute approximate surface area is 105 Å². The molecular formula is C12H25NO3S. The third-order valence-corrected chi connectivity index (χ3v) is 5.34. The third-order valence-electron chi connectivity index (χ3n) is 3.42.